The highest BCUT2D eigenvalue weighted by molar-refractivity contribution is 5.29. The molecule has 0 bridgehead atoms. The molecule has 1 aromatic carbocycles. The lowest BCUT2D eigenvalue weighted by atomic mass is 9.97. The van der Waals surface area contributed by atoms with E-state index in [1.165, 1.54) is 6.07 Å². The highest BCUT2D eigenvalue weighted by atomic mass is 19.4. The molecule has 1 N–H and O–H groups in total. The summed E-state index contributed by atoms with van der Waals surface area (Å²) in [7, 11) is 0. The van der Waals surface area contributed by atoms with Gasteiger partial charge in [-0.25, -0.2) is 4.39 Å². The molecule has 1 aliphatic heterocycles. The monoisotopic (exact) mass is 316 g/mol. The van der Waals surface area contributed by atoms with Gasteiger partial charge in [-0.3, -0.25) is 4.90 Å². The number of rotatable bonds is 5. The van der Waals surface area contributed by atoms with Crippen LogP contribution in [0.15, 0.2) is 30.9 Å². The van der Waals surface area contributed by atoms with Crippen LogP contribution in [0.5, 0.6) is 0 Å². The lowest BCUT2D eigenvalue weighted by Crippen LogP contribution is -2.45. The van der Waals surface area contributed by atoms with E-state index in [1.807, 2.05) is 0 Å². The van der Waals surface area contributed by atoms with E-state index in [0.717, 1.165) is 32.2 Å². The van der Waals surface area contributed by atoms with Gasteiger partial charge in [-0.1, -0.05) is 6.08 Å². The number of halogens is 4. The molecule has 2 nitrogen and oxygen atoms in total. The van der Waals surface area contributed by atoms with Crippen LogP contribution in [0, 0.1) is 5.82 Å². The molecule has 0 spiro atoms. The van der Waals surface area contributed by atoms with Crippen molar-refractivity contribution < 1.29 is 17.6 Å². The standard InChI is InChI=1S/C16H20F4N2/c1-2-3-4-15(22-7-5-21-6-8-22)12-9-13(16(18,19)20)11-14(17)10-12/h2,9-11,15,21H,1,3-8H2/t15-/m1/s1. The molecule has 0 aliphatic carbocycles. The fraction of sp³-hybridized carbons (Fsp3) is 0.500. The van der Waals surface area contributed by atoms with Crippen molar-refractivity contribution in [1.29, 1.82) is 0 Å². The smallest absolute Gasteiger partial charge is 0.314 e. The van der Waals surface area contributed by atoms with Gasteiger partial charge in [-0.15, -0.1) is 6.58 Å². The Balaban J connectivity index is 2.33. The molecule has 1 heterocycles. The van der Waals surface area contributed by atoms with Crippen molar-refractivity contribution in [2.75, 3.05) is 26.2 Å². The van der Waals surface area contributed by atoms with E-state index >= 15 is 0 Å². The van der Waals surface area contributed by atoms with Crippen LogP contribution in [0.1, 0.15) is 30.0 Å². The molecule has 2 rings (SSSR count). The van der Waals surface area contributed by atoms with Crippen molar-refractivity contribution in [2.24, 2.45) is 0 Å². The van der Waals surface area contributed by atoms with E-state index in [0.29, 0.717) is 24.5 Å². The summed E-state index contributed by atoms with van der Waals surface area (Å²) >= 11 is 0. The fourth-order valence-electron chi connectivity index (χ4n) is 2.80. The minimum Gasteiger partial charge on any atom is -0.314 e. The van der Waals surface area contributed by atoms with Gasteiger partial charge in [0, 0.05) is 32.2 Å². The maximum atomic E-state index is 13.7. The van der Waals surface area contributed by atoms with Gasteiger partial charge in [0.15, 0.2) is 0 Å². The third-order valence-electron chi connectivity index (χ3n) is 3.87. The molecule has 0 amide bonds. The second kappa shape index (κ2) is 7.24. The predicted molar refractivity (Wildman–Crippen MR) is 78.0 cm³/mol. The maximum Gasteiger partial charge on any atom is 0.416 e. The number of piperazine rings is 1. The van der Waals surface area contributed by atoms with Gasteiger partial charge in [0.25, 0.3) is 0 Å². The van der Waals surface area contributed by atoms with Gasteiger partial charge >= 0.3 is 6.18 Å². The number of benzene rings is 1. The largest absolute Gasteiger partial charge is 0.416 e. The minimum absolute atomic E-state index is 0.225. The second-order valence-corrected chi connectivity index (χ2v) is 5.44. The van der Waals surface area contributed by atoms with Crippen LogP contribution in [0.3, 0.4) is 0 Å². The Morgan fingerprint density at radius 2 is 1.91 bits per heavy atom. The summed E-state index contributed by atoms with van der Waals surface area (Å²) in [5.74, 6) is -0.844. The molecule has 22 heavy (non-hydrogen) atoms. The van der Waals surface area contributed by atoms with Gasteiger partial charge in [-0.05, 0) is 36.6 Å². The van der Waals surface area contributed by atoms with Crippen molar-refractivity contribution in [2.45, 2.75) is 25.1 Å². The first kappa shape index (κ1) is 17.0. The van der Waals surface area contributed by atoms with Crippen LogP contribution in [-0.2, 0) is 6.18 Å². The quantitative estimate of drug-likeness (QED) is 0.657. The molecular weight excluding hydrogens is 296 g/mol. The second-order valence-electron chi connectivity index (χ2n) is 5.44. The Labute approximate surface area is 127 Å². The van der Waals surface area contributed by atoms with E-state index in [-0.39, 0.29) is 6.04 Å². The molecule has 1 aromatic rings. The number of allylic oxidation sites excluding steroid dienone is 1. The van der Waals surface area contributed by atoms with Gasteiger partial charge in [0.2, 0.25) is 0 Å². The van der Waals surface area contributed by atoms with Crippen molar-refractivity contribution in [3.8, 4) is 0 Å². The Hall–Kier alpha value is -1.40. The first-order valence-electron chi connectivity index (χ1n) is 7.35. The summed E-state index contributed by atoms with van der Waals surface area (Å²) in [4.78, 5) is 2.11. The summed E-state index contributed by atoms with van der Waals surface area (Å²) in [6.45, 7) is 6.70. The molecule has 6 heteroatoms. The molecule has 1 saturated heterocycles. The highest BCUT2D eigenvalue weighted by Crippen LogP contribution is 2.34. The Bertz CT molecular complexity index is 507. The molecule has 0 unspecified atom stereocenters. The zero-order valence-electron chi connectivity index (χ0n) is 12.3. The molecule has 1 fully saturated rings. The van der Waals surface area contributed by atoms with Crippen molar-refractivity contribution in [3.63, 3.8) is 0 Å². The van der Waals surface area contributed by atoms with Crippen molar-refractivity contribution >= 4 is 0 Å². The Morgan fingerprint density at radius 3 is 2.50 bits per heavy atom. The summed E-state index contributed by atoms with van der Waals surface area (Å²) in [5.41, 5.74) is -0.544. The van der Waals surface area contributed by atoms with Crippen LogP contribution in [0.4, 0.5) is 17.6 Å². The fourth-order valence-corrected chi connectivity index (χ4v) is 2.80. The number of alkyl halides is 3. The average molecular weight is 316 g/mol. The highest BCUT2D eigenvalue weighted by Gasteiger charge is 2.32. The first-order valence-corrected chi connectivity index (χ1v) is 7.35. The molecular formula is C16H20F4N2. The average Bonchev–Trinajstić information content (AvgIpc) is 2.47. The zero-order valence-corrected chi connectivity index (χ0v) is 12.3. The first-order chi connectivity index (χ1) is 10.4. The molecule has 0 saturated carbocycles. The number of hydrogen-bond acceptors (Lipinski definition) is 2. The van der Waals surface area contributed by atoms with Crippen LogP contribution < -0.4 is 5.32 Å². The van der Waals surface area contributed by atoms with Crippen LogP contribution in [-0.4, -0.2) is 31.1 Å². The lowest BCUT2D eigenvalue weighted by molar-refractivity contribution is -0.137. The summed E-state index contributed by atoms with van der Waals surface area (Å²) in [6.07, 6.45) is -1.50. The summed E-state index contributed by atoms with van der Waals surface area (Å²) < 4.78 is 52.4. The normalized spacial score (nSPS) is 18.2. The predicted octanol–water partition coefficient (Wildman–Crippen LogP) is 3.76. The van der Waals surface area contributed by atoms with Crippen molar-refractivity contribution in [3.05, 3.63) is 47.8 Å². The molecule has 1 aliphatic rings. The van der Waals surface area contributed by atoms with E-state index in [4.69, 9.17) is 0 Å². The Kier molecular flexibility index (Phi) is 5.58. The topological polar surface area (TPSA) is 15.3 Å². The van der Waals surface area contributed by atoms with Crippen LogP contribution >= 0.6 is 0 Å². The number of nitrogens with one attached hydrogen (secondary N) is 1. The third-order valence-corrected chi connectivity index (χ3v) is 3.87. The van der Waals surface area contributed by atoms with E-state index < -0.39 is 17.6 Å². The molecule has 0 radical (unpaired) electrons. The SMILES string of the molecule is C=CCC[C@H](c1cc(F)cc(C(F)(F)F)c1)N1CCNCC1. The van der Waals surface area contributed by atoms with Gasteiger partial charge in [0.05, 0.1) is 5.56 Å². The Morgan fingerprint density at radius 1 is 1.23 bits per heavy atom. The van der Waals surface area contributed by atoms with Crippen LogP contribution in [0.25, 0.3) is 0 Å². The zero-order chi connectivity index (χ0) is 16.2. The summed E-state index contributed by atoms with van der Waals surface area (Å²) in [5, 5.41) is 3.21. The van der Waals surface area contributed by atoms with Gasteiger partial charge < -0.3 is 5.32 Å². The van der Waals surface area contributed by atoms with Crippen LogP contribution in [0.2, 0.25) is 0 Å². The van der Waals surface area contributed by atoms with Crippen molar-refractivity contribution in [1.82, 2.24) is 10.2 Å². The van der Waals surface area contributed by atoms with Gasteiger partial charge in [0.1, 0.15) is 5.82 Å². The molecule has 122 valence electrons. The maximum absolute atomic E-state index is 13.7. The van der Waals surface area contributed by atoms with E-state index in [2.05, 4.69) is 16.8 Å². The van der Waals surface area contributed by atoms with E-state index in [9.17, 15) is 17.6 Å². The summed E-state index contributed by atoms with van der Waals surface area (Å²) in [6, 6.07) is 2.60. The molecule has 1 atom stereocenters. The number of nitrogens with zero attached hydrogens (tertiary/aromatic N) is 1. The number of hydrogen-bond donors (Lipinski definition) is 1. The molecule has 0 aromatic heterocycles. The third kappa shape index (κ3) is 4.30. The van der Waals surface area contributed by atoms with Gasteiger partial charge in [-0.2, -0.15) is 13.2 Å². The van der Waals surface area contributed by atoms with E-state index in [1.54, 1.807) is 6.08 Å². The minimum atomic E-state index is -4.54. The lowest BCUT2D eigenvalue weighted by Gasteiger charge is -2.35.